The quantitative estimate of drug-likeness (QED) is 0.910. The Kier molecular flexibility index (Phi) is 4.27. The van der Waals surface area contributed by atoms with Gasteiger partial charge in [0.15, 0.2) is 0 Å². The van der Waals surface area contributed by atoms with Gasteiger partial charge in [0.25, 0.3) is 0 Å². The number of amides is 1. The number of aromatic carboxylic acids is 1. The van der Waals surface area contributed by atoms with Crippen LogP contribution in [0.25, 0.3) is 0 Å². The summed E-state index contributed by atoms with van der Waals surface area (Å²) in [4.78, 5) is 22.8. The van der Waals surface area contributed by atoms with Gasteiger partial charge in [-0.3, -0.25) is 4.79 Å². The van der Waals surface area contributed by atoms with Crippen LogP contribution in [0, 0.1) is 11.6 Å². The molecule has 4 nitrogen and oxygen atoms in total. The Bertz CT molecular complexity index is 701. The van der Waals surface area contributed by atoms with E-state index in [1.54, 1.807) is 6.07 Å². The van der Waals surface area contributed by atoms with Crippen molar-refractivity contribution in [1.29, 1.82) is 0 Å². The lowest BCUT2D eigenvalue weighted by Gasteiger charge is -2.08. The van der Waals surface area contributed by atoms with Crippen molar-refractivity contribution in [2.75, 3.05) is 5.32 Å². The van der Waals surface area contributed by atoms with Crippen molar-refractivity contribution >= 4 is 17.6 Å². The van der Waals surface area contributed by atoms with E-state index in [1.165, 1.54) is 24.3 Å². The largest absolute Gasteiger partial charge is 0.478 e. The van der Waals surface area contributed by atoms with Gasteiger partial charge >= 0.3 is 5.97 Å². The summed E-state index contributed by atoms with van der Waals surface area (Å²) in [5.74, 6) is -3.05. The molecule has 0 saturated carbocycles. The summed E-state index contributed by atoms with van der Waals surface area (Å²) in [5, 5.41) is 11.3. The van der Waals surface area contributed by atoms with E-state index in [1.807, 2.05) is 0 Å². The number of halogens is 2. The number of carbonyl (C=O) groups is 2. The molecule has 0 aromatic heterocycles. The van der Waals surface area contributed by atoms with Crippen LogP contribution in [0.15, 0.2) is 42.5 Å². The molecule has 0 atom stereocenters. The lowest BCUT2D eigenvalue weighted by Crippen LogP contribution is -2.17. The highest BCUT2D eigenvalue weighted by Crippen LogP contribution is 2.17. The standard InChI is InChI=1S/C15H11F2NO3/c16-10-3-1-2-9(6-10)7-14(19)18-13-5-4-11(17)8-12(13)15(20)21/h1-6,8H,7H2,(H,18,19)(H,20,21). The molecule has 0 unspecified atom stereocenters. The normalized spacial score (nSPS) is 10.2. The molecule has 0 aliphatic rings. The van der Waals surface area contributed by atoms with E-state index >= 15 is 0 Å². The monoisotopic (exact) mass is 291 g/mol. The maximum absolute atomic E-state index is 13.0. The number of rotatable bonds is 4. The van der Waals surface area contributed by atoms with Gasteiger partial charge in [0.2, 0.25) is 5.91 Å². The minimum Gasteiger partial charge on any atom is -0.478 e. The third-order valence-corrected chi connectivity index (χ3v) is 2.74. The molecule has 6 heteroatoms. The van der Waals surface area contributed by atoms with Gasteiger partial charge in [-0.15, -0.1) is 0 Å². The van der Waals surface area contributed by atoms with Crippen LogP contribution in [0.2, 0.25) is 0 Å². The van der Waals surface area contributed by atoms with E-state index in [2.05, 4.69) is 5.32 Å². The highest BCUT2D eigenvalue weighted by molar-refractivity contribution is 6.01. The van der Waals surface area contributed by atoms with Crippen LogP contribution < -0.4 is 5.32 Å². The second kappa shape index (κ2) is 6.13. The van der Waals surface area contributed by atoms with Crippen LogP contribution in [0.3, 0.4) is 0 Å². The summed E-state index contributed by atoms with van der Waals surface area (Å²) in [7, 11) is 0. The van der Waals surface area contributed by atoms with Gasteiger partial charge in [-0.25, -0.2) is 13.6 Å². The summed E-state index contributed by atoms with van der Waals surface area (Å²) in [6, 6.07) is 8.54. The molecule has 2 N–H and O–H groups in total. The molecule has 0 heterocycles. The lowest BCUT2D eigenvalue weighted by atomic mass is 10.1. The van der Waals surface area contributed by atoms with Crippen LogP contribution >= 0.6 is 0 Å². The van der Waals surface area contributed by atoms with Gasteiger partial charge in [0.1, 0.15) is 11.6 Å². The molecule has 2 aromatic carbocycles. The highest BCUT2D eigenvalue weighted by Gasteiger charge is 2.14. The molecule has 2 aromatic rings. The summed E-state index contributed by atoms with van der Waals surface area (Å²) in [6.07, 6.45) is -0.117. The summed E-state index contributed by atoms with van der Waals surface area (Å²) >= 11 is 0. The van der Waals surface area contributed by atoms with Crippen molar-refractivity contribution in [1.82, 2.24) is 0 Å². The average Bonchev–Trinajstić information content (AvgIpc) is 2.40. The molecular weight excluding hydrogens is 280 g/mol. The Hall–Kier alpha value is -2.76. The molecule has 0 aliphatic carbocycles. The Balaban J connectivity index is 2.15. The fraction of sp³-hybridized carbons (Fsp3) is 0.0667. The molecule has 108 valence electrons. The minimum absolute atomic E-state index is 0.00898. The first-order chi connectivity index (χ1) is 9.95. The molecule has 0 fully saturated rings. The van der Waals surface area contributed by atoms with E-state index < -0.39 is 23.5 Å². The third kappa shape index (κ3) is 3.85. The maximum atomic E-state index is 13.0. The Morgan fingerprint density at radius 2 is 1.76 bits per heavy atom. The molecule has 0 radical (unpaired) electrons. The summed E-state index contributed by atoms with van der Waals surface area (Å²) < 4.78 is 26.0. The average molecular weight is 291 g/mol. The molecule has 0 spiro atoms. The van der Waals surface area contributed by atoms with Crippen molar-refractivity contribution in [2.45, 2.75) is 6.42 Å². The predicted octanol–water partition coefficient (Wildman–Crippen LogP) is 2.84. The number of carboxylic acid groups (broad SMARTS) is 1. The second-order valence-electron chi connectivity index (χ2n) is 4.35. The van der Waals surface area contributed by atoms with Crippen molar-refractivity contribution in [3.05, 3.63) is 65.2 Å². The summed E-state index contributed by atoms with van der Waals surface area (Å²) in [5.41, 5.74) is 0.0966. The fourth-order valence-corrected chi connectivity index (χ4v) is 1.83. The first kappa shape index (κ1) is 14.6. The van der Waals surface area contributed by atoms with Crippen LogP contribution in [-0.4, -0.2) is 17.0 Å². The zero-order chi connectivity index (χ0) is 15.4. The van der Waals surface area contributed by atoms with Crippen LogP contribution in [-0.2, 0) is 11.2 Å². The van der Waals surface area contributed by atoms with Gasteiger partial charge in [-0.2, -0.15) is 0 Å². The molecule has 2 rings (SSSR count). The van der Waals surface area contributed by atoms with Crippen LogP contribution in [0.5, 0.6) is 0 Å². The number of nitrogens with one attached hydrogen (secondary N) is 1. The molecule has 21 heavy (non-hydrogen) atoms. The van der Waals surface area contributed by atoms with E-state index in [4.69, 9.17) is 5.11 Å². The van der Waals surface area contributed by atoms with E-state index in [0.29, 0.717) is 5.56 Å². The second-order valence-corrected chi connectivity index (χ2v) is 4.35. The van der Waals surface area contributed by atoms with Crippen molar-refractivity contribution < 1.29 is 23.5 Å². The number of carboxylic acids is 1. The van der Waals surface area contributed by atoms with E-state index in [9.17, 15) is 18.4 Å². The minimum atomic E-state index is -1.35. The molecule has 0 saturated heterocycles. The lowest BCUT2D eigenvalue weighted by molar-refractivity contribution is -0.115. The number of benzene rings is 2. The van der Waals surface area contributed by atoms with Gasteiger partial charge in [-0.05, 0) is 35.9 Å². The number of anilines is 1. The first-order valence-electron chi connectivity index (χ1n) is 6.03. The van der Waals surface area contributed by atoms with Crippen LogP contribution in [0.1, 0.15) is 15.9 Å². The molecular formula is C15H11F2NO3. The number of hydrogen-bond donors (Lipinski definition) is 2. The van der Waals surface area contributed by atoms with Gasteiger partial charge in [-0.1, -0.05) is 12.1 Å². The number of carbonyl (C=O) groups excluding carboxylic acids is 1. The van der Waals surface area contributed by atoms with E-state index in [0.717, 1.165) is 12.1 Å². The highest BCUT2D eigenvalue weighted by atomic mass is 19.1. The van der Waals surface area contributed by atoms with Gasteiger partial charge < -0.3 is 10.4 Å². The maximum Gasteiger partial charge on any atom is 0.337 e. The molecule has 1 amide bonds. The summed E-state index contributed by atoms with van der Waals surface area (Å²) in [6.45, 7) is 0. The molecule has 0 bridgehead atoms. The Labute approximate surface area is 119 Å². The first-order valence-corrected chi connectivity index (χ1v) is 6.03. The zero-order valence-corrected chi connectivity index (χ0v) is 10.8. The van der Waals surface area contributed by atoms with Crippen LogP contribution in [0.4, 0.5) is 14.5 Å². The number of hydrogen-bond acceptors (Lipinski definition) is 2. The fourth-order valence-electron chi connectivity index (χ4n) is 1.83. The van der Waals surface area contributed by atoms with Crippen molar-refractivity contribution in [2.24, 2.45) is 0 Å². The Morgan fingerprint density at radius 1 is 1.05 bits per heavy atom. The molecule has 0 aliphatic heterocycles. The van der Waals surface area contributed by atoms with Crippen molar-refractivity contribution in [3.63, 3.8) is 0 Å². The Morgan fingerprint density at radius 3 is 2.43 bits per heavy atom. The van der Waals surface area contributed by atoms with Gasteiger partial charge in [0, 0.05) is 0 Å². The SMILES string of the molecule is O=C(Cc1cccc(F)c1)Nc1ccc(F)cc1C(=O)O. The zero-order valence-electron chi connectivity index (χ0n) is 10.8. The third-order valence-electron chi connectivity index (χ3n) is 2.74. The topological polar surface area (TPSA) is 66.4 Å². The van der Waals surface area contributed by atoms with Crippen molar-refractivity contribution in [3.8, 4) is 0 Å². The predicted molar refractivity (Wildman–Crippen MR) is 72.1 cm³/mol. The smallest absolute Gasteiger partial charge is 0.337 e. The van der Waals surface area contributed by atoms with E-state index in [-0.39, 0.29) is 17.7 Å². The van der Waals surface area contributed by atoms with Gasteiger partial charge in [0.05, 0.1) is 17.7 Å².